The van der Waals surface area contributed by atoms with Crippen molar-refractivity contribution < 1.29 is 19.7 Å². The Bertz CT molecular complexity index is 1340. The maximum absolute atomic E-state index is 12.9. The summed E-state index contributed by atoms with van der Waals surface area (Å²) in [6.07, 6.45) is 2.01. The number of nitrogens with zero attached hydrogens (tertiary/aromatic N) is 3. The van der Waals surface area contributed by atoms with E-state index in [2.05, 4.69) is 15.2 Å². The largest absolute Gasteiger partial charge is 0.496 e. The summed E-state index contributed by atoms with van der Waals surface area (Å²) >= 11 is 0. The summed E-state index contributed by atoms with van der Waals surface area (Å²) in [6, 6.07) is 16.7. The third kappa shape index (κ3) is 3.91. The highest BCUT2D eigenvalue weighted by molar-refractivity contribution is 5.94. The first-order valence-electron chi connectivity index (χ1n) is 11.3. The van der Waals surface area contributed by atoms with Crippen molar-refractivity contribution in [1.29, 1.82) is 0 Å². The highest BCUT2D eigenvalue weighted by Crippen LogP contribution is 2.35. The molecule has 0 spiro atoms. The molecule has 0 radical (unpaired) electrons. The highest BCUT2D eigenvalue weighted by atomic mass is 16.5. The Balaban J connectivity index is 1.49. The molecule has 1 aliphatic rings. The van der Waals surface area contributed by atoms with Crippen LogP contribution in [0.25, 0.3) is 33.4 Å². The average Bonchev–Trinajstić information content (AvgIpc) is 3.54. The lowest BCUT2D eigenvalue weighted by atomic mass is 9.99. The van der Waals surface area contributed by atoms with E-state index in [1.165, 1.54) is 0 Å². The van der Waals surface area contributed by atoms with Gasteiger partial charge in [0.05, 0.1) is 25.5 Å². The Morgan fingerprint density at radius 3 is 2.88 bits per heavy atom. The van der Waals surface area contributed by atoms with Crippen LogP contribution in [-0.2, 0) is 4.79 Å². The number of carbonyl (C=O) groups excluding carboxylic acids is 1. The van der Waals surface area contributed by atoms with Crippen LogP contribution >= 0.6 is 0 Å². The molecular formula is C26H26N4O4. The first kappa shape index (κ1) is 22.1. The minimum Gasteiger partial charge on any atom is -0.496 e. The fraction of sp³-hybridized carbons (Fsp3) is 0.269. The Hall–Kier alpha value is -3.75. The van der Waals surface area contributed by atoms with Gasteiger partial charge in [0.15, 0.2) is 11.8 Å². The molecule has 0 bridgehead atoms. The van der Waals surface area contributed by atoms with E-state index >= 15 is 0 Å². The van der Waals surface area contributed by atoms with Crippen LogP contribution in [0.5, 0.6) is 5.75 Å². The second-order valence-electron chi connectivity index (χ2n) is 8.43. The zero-order chi connectivity index (χ0) is 23.7. The summed E-state index contributed by atoms with van der Waals surface area (Å²) < 4.78 is 5.51. The van der Waals surface area contributed by atoms with Gasteiger partial charge in [0.2, 0.25) is 0 Å². The molecule has 0 aliphatic carbocycles. The van der Waals surface area contributed by atoms with Gasteiger partial charge < -0.3 is 19.8 Å². The van der Waals surface area contributed by atoms with Crippen molar-refractivity contribution in [3.05, 3.63) is 66.4 Å². The molecule has 2 aromatic carbocycles. The Morgan fingerprint density at radius 2 is 2.06 bits per heavy atom. The van der Waals surface area contributed by atoms with Gasteiger partial charge in [-0.2, -0.15) is 5.10 Å². The zero-order valence-corrected chi connectivity index (χ0v) is 18.8. The molecule has 174 valence electrons. The van der Waals surface area contributed by atoms with Gasteiger partial charge >= 0.3 is 0 Å². The van der Waals surface area contributed by atoms with Gasteiger partial charge in [0.1, 0.15) is 5.75 Å². The number of pyridine rings is 1. The van der Waals surface area contributed by atoms with Crippen molar-refractivity contribution in [1.82, 2.24) is 20.1 Å². The monoisotopic (exact) mass is 458 g/mol. The lowest BCUT2D eigenvalue weighted by Crippen LogP contribution is -2.40. The van der Waals surface area contributed by atoms with Crippen molar-refractivity contribution in [3.8, 4) is 28.1 Å². The number of rotatable bonds is 6. The van der Waals surface area contributed by atoms with Crippen LogP contribution in [0.2, 0.25) is 0 Å². The summed E-state index contributed by atoms with van der Waals surface area (Å²) in [5, 5.41) is 28.6. The molecule has 4 aromatic rings. The average molecular weight is 459 g/mol. The summed E-state index contributed by atoms with van der Waals surface area (Å²) in [5.41, 5.74) is 4.43. The van der Waals surface area contributed by atoms with Crippen LogP contribution in [0.3, 0.4) is 0 Å². The lowest BCUT2D eigenvalue weighted by Gasteiger charge is -2.25. The standard InChI is InChI=1S/C26H26N4O4/c1-34-22-10-3-2-9-20(22)23-21-13-18(14-27-25(21)29-28-23)16-6-4-7-17(12-16)24(32)26(33)30-11-5-8-19(30)15-31/h2-4,6-7,9-10,12-14,19,24,31-32H,5,8,11,15H2,1H3,(H,27,28,29). The number of aliphatic hydroxyl groups is 2. The first-order valence-corrected chi connectivity index (χ1v) is 11.3. The van der Waals surface area contributed by atoms with Crippen LogP contribution in [0, 0.1) is 0 Å². The number of aliphatic hydroxyl groups excluding tert-OH is 2. The number of ether oxygens (including phenoxy) is 1. The normalized spacial score (nSPS) is 16.7. The van der Waals surface area contributed by atoms with Crippen LogP contribution in [0.4, 0.5) is 0 Å². The number of benzene rings is 2. The number of methoxy groups -OCH3 is 1. The van der Waals surface area contributed by atoms with Crippen molar-refractivity contribution in [2.75, 3.05) is 20.3 Å². The molecule has 8 nitrogen and oxygen atoms in total. The fourth-order valence-electron chi connectivity index (χ4n) is 4.62. The second kappa shape index (κ2) is 9.24. The number of H-pyrrole nitrogens is 1. The summed E-state index contributed by atoms with van der Waals surface area (Å²) in [7, 11) is 1.63. The maximum Gasteiger partial charge on any atom is 0.256 e. The van der Waals surface area contributed by atoms with Gasteiger partial charge in [-0.05, 0) is 48.2 Å². The molecule has 1 saturated heterocycles. The molecule has 3 heterocycles. The number of hydrogen-bond acceptors (Lipinski definition) is 6. The number of para-hydroxylation sites is 1. The van der Waals surface area contributed by atoms with Crippen LogP contribution < -0.4 is 4.74 Å². The second-order valence-corrected chi connectivity index (χ2v) is 8.43. The number of aromatic amines is 1. The number of fused-ring (bicyclic) bond motifs is 1. The van der Waals surface area contributed by atoms with Gasteiger partial charge in [0.25, 0.3) is 5.91 Å². The van der Waals surface area contributed by atoms with Gasteiger partial charge in [-0.3, -0.25) is 9.89 Å². The van der Waals surface area contributed by atoms with E-state index in [4.69, 9.17) is 4.74 Å². The molecule has 2 aromatic heterocycles. The number of carbonyl (C=O) groups is 1. The number of nitrogens with one attached hydrogen (secondary N) is 1. The molecule has 1 aliphatic heterocycles. The quantitative estimate of drug-likeness (QED) is 0.409. The lowest BCUT2D eigenvalue weighted by molar-refractivity contribution is -0.142. The molecule has 2 atom stereocenters. The zero-order valence-electron chi connectivity index (χ0n) is 18.8. The Labute approximate surface area is 196 Å². The molecule has 0 saturated carbocycles. The van der Waals surface area contributed by atoms with Gasteiger partial charge in [-0.1, -0.05) is 30.3 Å². The van der Waals surface area contributed by atoms with E-state index in [-0.39, 0.29) is 18.6 Å². The third-order valence-electron chi connectivity index (χ3n) is 6.43. The van der Waals surface area contributed by atoms with Crippen LogP contribution in [0.1, 0.15) is 24.5 Å². The number of amides is 1. The van der Waals surface area contributed by atoms with E-state index in [1.54, 1.807) is 30.3 Å². The number of hydrogen-bond donors (Lipinski definition) is 3. The minimum atomic E-state index is -1.29. The molecule has 34 heavy (non-hydrogen) atoms. The molecule has 5 rings (SSSR count). The van der Waals surface area contributed by atoms with Gasteiger partial charge in [0, 0.05) is 29.3 Å². The van der Waals surface area contributed by atoms with E-state index in [9.17, 15) is 15.0 Å². The highest BCUT2D eigenvalue weighted by Gasteiger charge is 2.32. The van der Waals surface area contributed by atoms with Gasteiger partial charge in [-0.15, -0.1) is 0 Å². The SMILES string of the molecule is COc1ccccc1-c1[nH]nc2ncc(-c3cccc(C(O)C(=O)N4CCCC4CO)c3)cc12. The van der Waals surface area contributed by atoms with Crippen LogP contribution in [-0.4, -0.2) is 62.5 Å². The summed E-state index contributed by atoms with van der Waals surface area (Å²) in [6.45, 7) is 0.455. The molecule has 1 fully saturated rings. The minimum absolute atomic E-state index is 0.0938. The Kier molecular flexibility index (Phi) is 6.00. The van der Waals surface area contributed by atoms with Gasteiger partial charge in [-0.25, -0.2) is 4.98 Å². The summed E-state index contributed by atoms with van der Waals surface area (Å²) in [4.78, 5) is 19.0. The topological polar surface area (TPSA) is 112 Å². The predicted molar refractivity (Wildman–Crippen MR) is 128 cm³/mol. The molecule has 8 heteroatoms. The van der Waals surface area contributed by atoms with Crippen molar-refractivity contribution in [2.24, 2.45) is 0 Å². The smallest absolute Gasteiger partial charge is 0.256 e. The summed E-state index contributed by atoms with van der Waals surface area (Å²) in [5.74, 6) is 0.348. The first-order chi connectivity index (χ1) is 16.6. The fourth-order valence-corrected chi connectivity index (χ4v) is 4.62. The van der Waals surface area contributed by atoms with E-state index in [1.807, 2.05) is 42.5 Å². The van der Waals surface area contributed by atoms with Crippen molar-refractivity contribution in [2.45, 2.75) is 25.0 Å². The van der Waals surface area contributed by atoms with E-state index in [0.29, 0.717) is 17.8 Å². The van der Waals surface area contributed by atoms with Crippen molar-refractivity contribution >= 4 is 16.9 Å². The molecule has 2 unspecified atom stereocenters. The molecule has 3 N–H and O–H groups in total. The van der Waals surface area contributed by atoms with Crippen LogP contribution in [0.15, 0.2) is 60.8 Å². The predicted octanol–water partition coefficient (Wildman–Crippen LogP) is 3.32. The van der Waals surface area contributed by atoms with E-state index in [0.717, 1.165) is 46.4 Å². The number of likely N-dealkylation sites (tertiary alicyclic amines) is 1. The van der Waals surface area contributed by atoms with E-state index < -0.39 is 6.10 Å². The molecule has 1 amide bonds. The number of aromatic nitrogens is 3. The Morgan fingerprint density at radius 1 is 1.21 bits per heavy atom. The maximum atomic E-state index is 12.9. The van der Waals surface area contributed by atoms with Crippen molar-refractivity contribution in [3.63, 3.8) is 0 Å². The third-order valence-corrected chi connectivity index (χ3v) is 6.43. The molecular weight excluding hydrogens is 432 g/mol.